The highest BCUT2D eigenvalue weighted by Crippen LogP contribution is 2.15. The van der Waals surface area contributed by atoms with Crippen LogP contribution in [0.1, 0.15) is 25.3 Å². The highest BCUT2D eigenvalue weighted by Gasteiger charge is 2.03. The van der Waals surface area contributed by atoms with Gasteiger partial charge in [0.25, 0.3) is 0 Å². The predicted octanol–water partition coefficient (Wildman–Crippen LogP) is 2.61. The highest BCUT2D eigenvalue weighted by atomic mass is 15.4. The first-order chi connectivity index (χ1) is 7.42. The summed E-state index contributed by atoms with van der Waals surface area (Å²) in [7, 11) is 0. The Kier molecular flexibility index (Phi) is 3.12. The summed E-state index contributed by atoms with van der Waals surface area (Å²) in [5, 5.41) is 7.85. The second-order valence-corrected chi connectivity index (χ2v) is 3.58. The molecule has 15 heavy (non-hydrogen) atoms. The van der Waals surface area contributed by atoms with Gasteiger partial charge in [0.2, 0.25) is 0 Å². The molecule has 1 aromatic heterocycles. The largest absolute Gasteiger partial charge is 0.220 e. The Balaban J connectivity index is 2.30. The van der Waals surface area contributed by atoms with Gasteiger partial charge in [-0.05, 0) is 24.5 Å². The van der Waals surface area contributed by atoms with E-state index in [0.29, 0.717) is 0 Å². The van der Waals surface area contributed by atoms with Crippen LogP contribution >= 0.6 is 0 Å². The standard InChI is InChI=1S/C12H15N3/c1-2-3-6-11-7-4-5-8-12(11)15-10-9-13-14-15/h4-5,7-10H,2-3,6H2,1H3. The molecule has 0 atom stereocenters. The quantitative estimate of drug-likeness (QED) is 0.761. The second kappa shape index (κ2) is 4.73. The van der Waals surface area contributed by atoms with Gasteiger partial charge in [-0.25, -0.2) is 4.68 Å². The lowest BCUT2D eigenvalue weighted by molar-refractivity contribution is 0.760. The summed E-state index contributed by atoms with van der Waals surface area (Å²) in [4.78, 5) is 0. The lowest BCUT2D eigenvalue weighted by Crippen LogP contribution is -2.00. The SMILES string of the molecule is CCCCc1ccccc1-n1ccnn1. The average Bonchev–Trinajstić information content (AvgIpc) is 2.80. The molecule has 0 amide bonds. The van der Waals surface area contributed by atoms with Crippen molar-refractivity contribution in [2.75, 3.05) is 0 Å². The molecule has 3 heteroatoms. The van der Waals surface area contributed by atoms with E-state index in [1.165, 1.54) is 18.4 Å². The zero-order valence-corrected chi connectivity index (χ0v) is 8.93. The molecule has 1 heterocycles. The van der Waals surface area contributed by atoms with Crippen LogP contribution in [0.25, 0.3) is 5.69 Å². The van der Waals surface area contributed by atoms with Crippen molar-refractivity contribution in [1.82, 2.24) is 15.0 Å². The number of hydrogen-bond acceptors (Lipinski definition) is 2. The summed E-state index contributed by atoms with van der Waals surface area (Å²) in [5.41, 5.74) is 2.48. The lowest BCUT2D eigenvalue weighted by Gasteiger charge is -2.07. The Bertz CT molecular complexity index is 407. The second-order valence-electron chi connectivity index (χ2n) is 3.58. The van der Waals surface area contributed by atoms with E-state index in [1.54, 1.807) is 6.20 Å². The van der Waals surface area contributed by atoms with E-state index in [0.717, 1.165) is 12.1 Å². The summed E-state index contributed by atoms with van der Waals surface area (Å²) in [6, 6.07) is 8.35. The van der Waals surface area contributed by atoms with Gasteiger partial charge in [-0.2, -0.15) is 0 Å². The van der Waals surface area contributed by atoms with Crippen molar-refractivity contribution >= 4 is 0 Å². The third-order valence-corrected chi connectivity index (χ3v) is 2.46. The number of aryl methyl sites for hydroxylation is 1. The normalized spacial score (nSPS) is 10.5. The van der Waals surface area contributed by atoms with Crippen molar-refractivity contribution in [3.8, 4) is 5.69 Å². The van der Waals surface area contributed by atoms with Crippen LogP contribution in [0.5, 0.6) is 0 Å². The van der Waals surface area contributed by atoms with Gasteiger partial charge in [0.05, 0.1) is 18.1 Å². The molecule has 0 aliphatic heterocycles. The summed E-state index contributed by atoms with van der Waals surface area (Å²) in [6.45, 7) is 2.21. The molecular weight excluding hydrogens is 186 g/mol. The van der Waals surface area contributed by atoms with Gasteiger partial charge in [-0.1, -0.05) is 36.8 Å². The fraction of sp³-hybridized carbons (Fsp3) is 0.333. The van der Waals surface area contributed by atoms with E-state index in [-0.39, 0.29) is 0 Å². The van der Waals surface area contributed by atoms with Gasteiger partial charge in [0, 0.05) is 0 Å². The predicted molar refractivity (Wildman–Crippen MR) is 60.0 cm³/mol. The van der Waals surface area contributed by atoms with E-state index in [4.69, 9.17) is 0 Å². The fourth-order valence-electron chi connectivity index (χ4n) is 1.65. The van der Waals surface area contributed by atoms with E-state index in [1.807, 2.05) is 16.9 Å². The summed E-state index contributed by atoms with van der Waals surface area (Å²) < 4.78 is 1.82. The van der Waals surface area contributed by atoms with Crippen LogP contribution in [0.3, 0.4) is 0 Å². The minimum atomic E-state index is 1.10. The highest BCUT2D eigenvalue weighted by molar-refractivity contribution is 5.39. The van der Waals surface area contributed by atoms with E-state index in [2.05, 4.69) is 35.4 Å². The Morgan fingerprint density at radius 2 is 2.13 bits per heavy atom. The molecule has 0 bridgehead atoms. The number of aromatic nitrogens is 3. The van der Waals surface area contributed by atoms with Crippen molar-refractivity contribution in [2.24, 2.45) is 0 Å². The number of para-hydroxylation sites is 1. The molecular formula is C12H15N3. The van der Waals surface area contributed by atoms with Crippen LogP contribution in [0.2, 0.25) is 0 Å². The molecule has 0 N–H and O–H groups in total. The molecule has 1 aromatic carbocycles. The summed E-state index contributed by atoms with van der Waals surface area (Å²) in [5.74, 6) is 0. The number of nitrogens with zero attached hydrogens (tertiary/aromatic N) is 3. The first-order valence-corrected chi connectivity index (χ1v) is 5.36. The Morgan fingerprint density at radius 3 is 2.87 bits per heavy atom. The molecule has 3 nitrogen and oxygen atoms in total. The molecule has 78 valence electrons. The zero-order valence-electron chi connectivity index (χ0n) is 8.93. The summed E-state index contributed by atoms with van der Waals surface area (Å²) >= 11 is 0. The van der Waals surface area contributed by atoms with Gasteiger partial charge in [-0.3, -0.25) is 0 Å². The van der Waals surface area contributed by atoms with E-state index >= 15 is 0 Å². The molecule has 0 saturated heterocycles. The van der Waals surface area contributed by atoms with Gasteiger partial charge >= 0.3 is 0 Å². The van der Waals surface area contributed by atoms with Crippen LogP contribution in [0.15, 0.2) is 36.7 Å². The Morgan fingerprint density at radius 1 is 1.27 bits per heavy atom. The van der Waals surface area contributed by atoms with Crippen LogP contribution < -0.4 is 0 Å². The molecule has 0 spiro atoms. The van der Waals surface area contributed by atoms with E-state index < -0.39 is 0 Å². The van der Waals surface area contributed by atoms with Crippen molar-refractivity contribution in [1.29, 1.82) is 0 Å². The number of benzene rings is 1. The van der Waals surface area contributed by atoms with Crippen LogP contribution in [-0.4, -0.2) is 15.0 Å². The molecule has 0 aliphatic rings. The van der Waals surface area contributed by atoms with Gasteiger partial charge in [-0.15, -0.1) is 5.10 Å². The Labute approximate surface area is 89.7 Å². The minimum Gasteiger partial charge on any atom is -0.220 e. The molecule has 0 fully saturated rings. The average molecular weight is 201 g/mol. The monoisotopic (exact) mass is 201 g/mol. The topological polar surface area (TPSA) is 30.7 Å². The molecule has 0 aliphatic carbocycles. The molecule has 2 aromatic rings. The van der Waals surface area contributed by atoms with Crippen LogP contribution in [-0.2, 0) is 6.42 Å². The van der Waals surface area contributed by atoms with Gasteiger partial charge < -0.3 is 0 Å². The minimum absolute atomic E-state index is 1.10. The lowest BCUT2D eigenvalue weighted by atomic mass is 10.1. The van der Waals surface area contributed by atoms with Crippen molar-refractivity contribution in [3.63, 3.8) is 0 Å². The number of hydrogen-bond donors (Lipinski definition) is 0. The Hall–Kier alpha value is -1.64. The van der Waals surface area contributed by atoms with Crippen molar-refractivity contribution in [2.45, 2.75) is 26.2 Å². The third kappa shape index (κ3) is 2.24. The van der Waals surface area contributed by atoms with Gasteiger partial charge in [0.1, 0.15) is 0 Å². The first kappa shape index (κ1) is 9.90. The first-order valence-electron chi connectivity index (χ1n) is 5.36. The maximum Gasteiger partial charge on any atom is 0.0697 e. The molecule has 0 saturated carbocycles. The molecule has 0 radical (unpaired) electrons. The van der Waals surface area contributed by atoms with Gasteiger partial charge in [0.15, 0.2) is 0 Å². The molecule has 0 unspecified atom stereocenters. The smallest absolute Gasteiger partial charge is 0.0697 e. The van der Waals surface area contributed by atoms with Crippen LogP contribution in [0.4, 0.5) is 0 Å². The third-order valence-electron chi connectivity index (χ3n) is 2.46. The fourth-order valence-corrected chi connectivity index (χ4v) is 1.65. The number of rotatable bonds is 4. The van der Waals surface area contributed by atoms with Crippen LogP contribution in [0, 0.1) is 0 Å². The maximum absolute atomic E-state index is 4.02. The summed E-state index contributed by atoms with van der Waals surface area (Å²) in [6.07, 6.45) is 7.12. The maximum atomic E-state index is 4.02. The van der Waals surface area contributed by atoms with Crippen molar-refractivity contribution in [3.05, 3.63) is 42.2 Å². The zero-order chi connectivity index (χ0) is 10.5. The van der Waals surface area contributed by atoms with Crippen molar-refractivity contribution < 1.29 is 0 Å². The molecule has 2 rings (SSSR count). The number of unbranched alkanes of at least 4 members (excludes halogenated alkanes) is 1. The van der Waals surface area contributed by atoms with E-state index in [9.17, 15) is 0 Å².